The van der Waals surface area contributed by atoms with Gasteiger partial charge in [0.1, 0.15) is 0 Å². The summed E-state index contributed by atoms with van der Waals surface area (Å²) >= 11 is 0. The van der Waals surface area contributed by atoms with Crippen LogP contribution in [0.3, 0.4) is 0 Å². The summed E-state index contributed by atoms with van der Waals surface area (Å²) in [6, 6.07) is 0. The summed E-state index contributed by atoms with van der Waals surface area (Å²) in [5.74, 6) is 0.591. The van der Waals surface area contributed by atoms with E-state index < -0.39 is 0 Å². The van der Waals surface area contributed by atoms with E-state index in [4.69, 9.17) is 4.74 Å². The highest BCUT2D eigenvalue weighted by atomic mass is 16.6. The number of hydrogen-bond acceptors (Lipinski definition) is 2. The Morgan fingerprint density at radius 3 is 1.59 bits per heavy atom. The Morgan fingerprint density at radius 1 is 0.690 bits per heavy atom. The lowest BCUT2D eigenvalue weighted by molar-refractivity contribution is 0.0905. The van der Waals surface area contributed by atoms with Crippen molar-refractivity contribution in [1.29, 1.82) is 0 Å². The van der Waals surface area contributed by atoms with Crippen molar-refractivity contribution in [3.05, 3.63) is 0 Å². The number of aliphatic hydroxyl groups excluding tert-OH is 1. The van der Waals surface area contributed by atoms with Gasteiger partial charge in [-0.25, -0.2) is 0 Å². The van der Waals surface area contributed by atoms with Crippen molar-refractivity contribution in [1.82, 2.24) is 0 Å². The van der Waals surface area contributed by atoms with E-state index in [1.165, 1.54) is 128 Å². The van der Waals surface area contributed by atoms with Crippen LogP contribution >= 0.6 is 0 Å². The van der Waals surface area contributed by atoms with Gasteiger partial charge in [-0.3, -0.25) is 0 Å². The van der Waals surface area contributed by atoms with Crippen LogP contribution in [0.5, 0.6) is 0 Å². The van der Waals surface area contributed by atoms with Gasteiger partial charge < -0.3 is 9.84 Å². The molecule has 0 aromatic rings. The van der Waals surface area contributed by atoms with E-state index in [1.807, 2.05) is 0 Å². The highest BCUT2D eigenvalue weighted by Gasteiger charge is 2.20. The van der Waals surface area contributed by atoms with E-state index in [-0.39, 0.29) is 6.10 Å². The first-order chi connectivity index (χ1) is 14.3. The topological polar surface area (TPSA) is 32.8 Å². The van der Waals surface area contributed by atoms with Crippen LogP contribution in [0.4, 0.5) is 0 Å². The van der Waals surface area contributed by atoms with Crippen LogP contribution in [0.15, 0.2) is 0 Å². The molecule has 1 aliphatic carbocycles. The van der Waals surface area contributed by atoms with Crippen LogP contribution in [-0.4, -0.2) is 23.9 Å². The summed E-state index contributed by atoms with van der Waals surface area (Å²) in [7, 11) is 0. The van der Waals surface area contributed by atoms with Crippen molar-refractivity contribution < 1.29 is 9.84 Å². The molecule has 1 saturated heterocycles. The number of rotatable bonds is 12. The molecule has 2 aliphatic rings. The Morgan fingerprint density at radius 2 is 1.14 bits per heavy atom. The fourth-order valence-corrected chi connectivity index (χ4v) is 4.65. The molecule has 2 unspecified atom stereocenters. The number of hydrogen-bond donors (Lipinski definition) is 1. The minimum atomic E-state index is -0.0363. The molecule has 29 heavy (non-hydrogen) atoms. The molecule has 2 rings (SSSR count). The summed E-state index contributed by atoms with van der Waals surface area (Å²) in [5, 5.41) is 9.93. The molecule has 2 fully saturated rings. The molecule has 1 heterocycles. The predicted molar refractivity (Wildman–Crippen MR) is 128 cm³/mol. The van der Waals surface area contributed by atoms with E-state index in [0.29, 0.717) is 12.0 Å². The monoisotopic (exact) mass is 410 g/mol. The average molecular weight is 411 g/mol. The van der Waals surface area contributed by atoms with Crippen molar-refractivity contribution in [2.75, 3.05) is 6.61 Å². The van der Waals surface area contributed by atoms with Crippen LogP contribution in [0.2, 0.25) is 0 Å². The van der Waals surface area contributed by atoms with Crippen molar-refractivity contribution in [2.24, 2.45) is 5.92 Å². The lowest BCUT2D eigenvalue weighted by Crippen LogP contribution is -2.19. The van der Waals surface area contributed by atoms with Gasteiger partial charge >= 0.3 is 0 Å². The van der Waals surface area contributed by atoms with Gasteiger partial charge in [0.15, 0.2) is 0 Å². The molecule has 1 saturated carbocycles. The van der Waals surface area contributed by atoms with Gasteiger partial charge in [0.2, 0.25) is 0 Å². The Bertz CT molecular complexity index is 314. The molecule has 2 nitrogen and oxygen atoms in total. The number of ether oxygens (including phenoxy) is 1. The summed E-state index contributed by atoms with van der Waals surface area (Å²) in [4.78, 5) is 0. The van der Waals surface area contributed by atoms with Gasteiger partial charge in [-0.15, -0.1) is 0 Å². The van der Waals surface area contributed by atoms with E-state index in [2.05, 4.69) is 13.8 Å². The number of aliphatic hydroxyl groups is 1. The maximum atomic E-state index is 9.93. The average Bonchev–Trinajstić information content (AvgIpc) is 3.56. The Hall–Kier alpha value is -0.0800. The van der Waals surface area contributed by atoms with Gasteiger partial charge in [-0.2, -0.15) is 0 Å². The Kier molecular flexibility index (Phi) is 18.5. The molecule has 2 heteroatoms. The molecule has 0 aromatic heterocycles. The first kappa shape index (κ1) is 27.0. The van der Waals surface area contributed by atoms with Crippen LogP contribution in [0.1, 0.15) is 149 Å². The molecule has 2 atom stereocenters. The zero-order chi connectivity index (χ0) is 21.0. The quantitative estimate of drug-likeness (QED) is 0.258. The minimum absolute atomic E-state index is 0.0363. The zero-order valence-corrected chi connectivity index (χ0v) is 20.1. The molecule has 174 valence electrons. The maximum Gasteiger partial charge on any atom is 0.0810 e. The Balaban J connectivity index is 0.000000291. The van der Waals surface area contributed by atoms with Crippen LogP contribution in [0, 0.1) is 5.92 Å². The largest absolute Gasteiger partial charge is 0.393 e. The third-order valence-electron chi connectivity index (χ3n) is 6.89. The normalized spacial score (nSPS) is 22.2. The summed E-state index contributed by atoms with van der Waals surface area (Å²) < 4.78 is 5.18. The van der Waals surface area contributed by atoms with Crippen molar-refractivity contribution >= 4 is 0 Å². The molecular formula is C27H54O2. The smallest absolute Gasteiger partial charge is 0.0810 e. The molecule has 0 aromatic carbocycles. The molecule has 0 radical (unpaired) electrons. The first-order valence-electron chi connectivity index (χ1n) is 13.6. The fraction of sp³-hybridized carbons (Fsp3) is 1.00. The van der Waals surface area contributed by atoms with Gasteiger partial charge in [-0.1, -0.05) is 123 Å². The van der Waals surface area contributed by atoms with Crippen molar-refractivity contribution in [3.63, 3.8) is 0 Å². The Labute approximate surface area is 183 Å². The molecule has 1 N–H and O–H groups in total. The standard InChI is InChI=1S/C14H28O.C13H26O/c1-2-14(15)13-11-9-7-5-3-4-6-8-10-12-13;1-2-3-4-5-6-7-8-9-10-11-13-12-14-13/h13-15H,2-12H2,1H3;13H,2-12H2,1H3. The van der Waals surface area contributed by atoms with Crippen molar-refractivity contribution in [2.45, 2.75) is 161 Å². The second kappa shape index (κ2) is 19.9. The number of unbranched alkanes of at least 4 members (excludes halogenated alkanes) is 8. The summed E-state index contributed by atoms with van der Waals surface area (Å²) in [6.07, 6.45) is 29.4. The summed E-state index contributed by atoms with van der Waals surface area (Å²) in [5.41, 5.74) is 0. The fourth-order valence-electron chi connectivity index (χ4n) is 4.65. The van der Waals surface area contributed by atoms with Gasteiger partial charge in [0.25, 0.3) is 0 Å². The van der Waals surface area contributed by atoms with E-state index in [9.17, 15) is 5.11 Å². The second-order valence-electron chi connectivity index (χ2n) is 9.71. The molecule has 1 aliphatic heterocycles. The highest BCUT2D eigenvalue weighted by molar-refractivity contribution is 4.69. The van der Waals surface area contributed by atoms with E-state index in [0.717, 1.165) is 13.0 Å². The molecule has 0 spiro atoms. The first-order valence-corrected chi connectivity index (χ1v) is 13.6. The third kappa shape index (κ3) is 17.3. The molecule has 0 amide bonds. The SMILES string of the molecule is CCC(O)C1CCCCCCCCCC1.CCCCCCCCCCCC1CO1. The van der Waals surface area contributed by atoms with Crippen LogP contribution in [-0.2, 0) is 4.74 Å². The predicted octanol–water partition coefficient (Wildman–Crippen LogP) is 8.59. The van der Waals surface area contributed by atoms with Gasteiger partial charge in [0.05, 0.1) is 18.8 Å². The minimum Gasteiger partial charge on any atom is -0.393 e. The zero-order valence-electron chi connectivity index (χ0n) is 20.1. The highest BCUT2D eigenvalue weighted by Crippen LogP contribution is 2.25. The van der Waals surface area contributed by atoms with Crippen LogP contribution in [0.25, 0.3) is 0 Å². The maximum absolute atomic E-state index is 9.93. The molecule has 0 bridgehead atoms. The van der Waals surface area contributed by atoms with E-state index >= 15 is 0 Å². The van der Waals surface area contributed by atoms with Gasteiger partial charge in [-0.05, 0) is 31.6 Å². The van der Waals surface area contributed by atoms with Gasteiger partial charge in [0, 0.05) is 0 Å². The third-order valence-corrected chi connectivity index (χ3v) is 6.89. The summed E-state index contributed by atoms with van der Waals surface area (Å²) in [6.45, 7) is 5.42. The second-order valence-corrected chi connectivity index (χ2v) is 9.71. The number of epoxide rings is 1. The lowest BCUT2D eigenvalue weighted by atomic mass is 9.89. The molecular weight excluding hydrogens is 356 g/mol. The van der Waals surface area contributed by atoms with Crippen LogP contribution < -0.4 is 0 Å². The lowest BCUT2D eigenvalue weighted by Gasteiger charge is -2.21. The van der Waals surface area contributed by atoms with Crippen molar-refractivity contribution in [3.8, 4) is 0 Å². The van der Waals surface area contributed by atoms with E-state index in [1.54, 1.807) is 0 Å².